The minimum Gasteiger partial charge on any atom is -0.449 e. The molecule has 1 aliphatic rings. The number of fused-ring (bicyclic) bond motifs is 1. The molecule has 2 N–H and O–H groups in total. The average molecular weight is 523 g/mol. The summed E-state index contributed by atoms with van der Waals surface area (Å²) in [5.41, 5.74) is 9.86. The predicted molar refractivity (Wildman–Crippen MR) is 148 cm³/mol. The van der Waals surface area contributed by atoms with Crippen molar-refractivity contribution in [3.8, 4) is 11.3 Å². The number of rotatable bonds is 6. The molecule has 0 radical (unpaired) electrons. The van der Waals surface area contributed by atoms with Crippen molar-refractivity contribution in [2.75, 3.05) is 32.8 Å². The van der Waals surface area contributed by atoms with E-state index in [1.54, 1.807) is 21.9 Å². The molecule has 37 heavy (non-hydrogen) atoms. The topological polar surface area (TPSA) is 88.8 Å². The number of halogens is 1. The maximum atomic E-state index is 13.4. The Morgan fingerprint density at radius 2 is 1.86 bits per heavy atom. The summed E-state index contributed by atoms with van der Waals surface area (Å²) in [7, 11) is 0. The molecule has 0 unspecified atom stereocenters. The first kappa shape index (κ1) is 26.9. The number of benzene rings is 2. The maximum Gasteiger partial charge on any atom is 0.410 e. The van der Waals surface area contributed by atoms with Gasteiger partial charge in [-0.3, -0.25) is 4.79 Å². The largest absolute Gasteiger partial charge is 0.449 e. The van der Waals surface area contributed by atoms with E-state index in [1.165, 1.54) is 0 Å². The molecule has 0 spiro atoms. The van der Waals surface area contributed by atoms with Gasteiger partial charge in [0.15, 0.2) is 0 Å². The monoisotopic (exact) mass is 522 g/mol. The van der Waals surface area contributed by atoms with Crippen LogP contribution >= 0.6 is 11.6 Å². The molecule has 7 nitrogen and oxygen atoms in total. The molecule has 1 aliphatic heterocycles. The summed E-state index contributed by atoms with van der Waals surface area (Å²) in [5, 5.41) is 1.37. The molecule has 196 valence electrons. The molecule has 3 aromatic rings. The van der Waals surface area contributed by atoms with E-state index >= 15 is 0 Å². The van der Waals surface area contributed by atoms with Crippen LogP contribution in [-0.4, -0.2) is 65.6 Å². The van der Waals surface area contributed by atoms with E-state index in [4.69, 9.17) is 27.1 Å². The van der Waals surface area contributed by atoms with E-state index in [2.05, 4.69) is 26.0 Å². The van der Waals surface area contributed by atoms with Gasteiger partial charge in [0.2, 0.25) is 0 Å². The zero-order valence-electron chi connectivity index (χ0n) is 22.0. The highest BCUT2D eigenvalue weighted by molar-refractivity contribution is 6.35. The van der Waals surface area contributed by atoms with Gasteiger partial charge in [-0.2, -0.15) is 0 Å². The van der Waals surface area contributed by atoms with Crippen LogP contribution in [0.15, 0.2) is 48.5 Å². The highest BCUT2D eigenvalue weighted by Crippen LogP contribution is 2.31. The SMILES string of the molecule is CCCOC(=O)N1CCN(C(=O)c2ccc3c(Cl)cc(-c4ccc(C(C)(C)CN)cc4)nc3c2)C[C@H]1C. The van der Waals surface area contributed by atoms with Crippen molar-refractivity contribution in [1.29, 1.82) is 0 Å². The molecule has 2 aromatic carbocycles. The molecule has 0 aliphatic carbocycles. The number of nitrogens with zero attached hydrogens (tertiary/aromatic N) is 3. The summed E-state index contributed by atoms with van der Waals surface area (Å²) in [6.07, 6.45) is 0.455. The molecule has 1 fully saturated rings. The van der Waals surface area contributed by atoms with E-state index in [1.807, 2.05) is 38.1 Å². The van der Waals surface area contributed by atoms with Gasteiger partial charge < -0.3 is 20.3 Å². The van der Waals surface area contributed by atoms with Crippen LogP contribution in [0.1, 0.15) is 50.0 Å². The van der Waals surface area contributed by atoms with Crippen LogP contribution in [0.5, 0.6) is 0 Å². The second-order valence-corrected chi connectivity index (χ2v) is 10.7. The van der Waals surface area contributed by atoms with Crippen LogP contribution in [-0.2, 0) is 10.2 Å². The zero-order chi connectivity index (χ0) is 26.7. The molecule has 2 amide bonds. The summed E-state index contributed by atoms with van der Waals surface area (Å²) in [4.78, 5) is 34.0. The van der Waals surface area contributed by atoms with Gasteiger partial charge in [0.05, 0.1) is 22.8 Å². The number of carbonyl (C=O) groups is 2. The van der Waals surface area contributed by atoms with Crippen molar-refractivity contribution >= 4 is 34.5 Å². The van der Waals surface area contributed by atoms with Gasteiger partial charge >= 0.3 is 6.09 Å². The van der Waals surface area contributed by atoms with E-state index in [0.717, 1.165) is 28.6 Å². The van der Waals surface area contributed by atoms with E-state index in [9.17, 15) is 9.59 Å². The Kier molecular flexibility index (Phi) is 8.05. The average Bonchev–Trinajstić information content (AvgIpc) is 2.90. The lowest BCUT2D eigenvalue weighted by atomic mass is 9.84. The zero-order valence-corrected chi connectivity index (χ0v) is 22.7. The smallest absolute Gasteiger partial charge is 0.410 e. The third kappa shape index (κ3) is 5.73. The van der Waals surface area contributed by atoms with Gasteiger partial charge in [-0.25, -0.2) is 9.78 Å². The van der Waals surface area contributed by atoms with Gasteiger partial charge in [-0.1, -0.05) is 62.7 Å². The van der Waals surface area contributed by atoms with Crippen molar-refractivity contribution in [3.05, 3.63) is 64.7 Å². The number of ether oxygens (including phenoxy) is 1. The number of hydrogen-bond donors (Lipinski definition) is 1. The maximum absolute atomic E-state index is 13.4. The van der Waals surface area contributed by atoms with Crippen molar-refractivity contribution in [2.45, 2.75) is 45.6 Å². The van der Waals surface area contributed by atoms with Gasteiger partial charge in [0.1, 0.15) is 0 Å². The Morgan fingerprint density at radius 3 is 2.51 bits per heavy atom. The summed E-state index contributed by atoms with van der Waals surface area (Å²) in [6, 6.07) is 15.3. The summed E-state index contributed by atoms with van der Waals surface area (Å²) < 4.78 is 5.27. The van der Waals surface area contributed by atoms with Crippen LogP contribution in [0.4, 0.5) is 4.79 Å². The van der Waals surface area contributed by atoms with Crippen LogP contribution in [0, 0.1) is 0 Å². The fourth-order valence-electron chi connectivity index (χ4n) is 4.55. The summed E-state index contributed by atoms with van der Waals surface area (Å²) in [5.74, 6) is -0.0907. The minimum absolute atomic E-state index is 0.0907. The predicted octanol–water partition coefficient (Wildman–Crippen LogP) is 5.48. The van der Waals surface area contributed by atoms with E-state index in [0.29, 0.717) is 48.9 Å². The summed E-state index contributed by atoms with van der Waals surface area (Å²) in [6.45, 7) is 10.4. The van der Waals surface area contributed by atoms with E-state index in [-0.39, 0.29) is 23.5 Å². The molecule has 8 heteroatoms. The number of hydrogen-bond acceptors (Lipinski definition) is 5. The Labute approximate surface area is 223 Å². The van der Waals surface area contributed by atoms with Crippen molar-refractivity contribution in [3.63, 3.8) is 0 Å². The molecule has 0 saturated carbocycles. The second kappa shape index (κ2) is 11.1. The van der Waals surface area contributed by atoms with Crippen LogP contribution < -0.4 is 5.73 Å². The minimum atomic E-state index is -0.321. The second-order valence-electron chi connectivity index (χ2n) is 10.3. The van der Waals surface area contributed by atoms with Crippen molar-refractivity contribution in [1.82, 2.24) is 14.8 Å². The normalized spacial score (nSPS) is 16.2. The first-order valence-corrected chi connectivity index (χ1v) is 13.2. The highest BCUT2D eigenvalue weighted by Gasteiger charge is 2.31. The molecule has 4 rings (SSSR count). The molecule has 1 aromatic heterocycles. The lowest BCUT2D eigenvalue weighted by Crippen LogP contribution is -2.55. The van der Waals surface area contributed by atoms with Gasteiger partial charge in [-0.15, -0.1) is 0 Å². The lowest BCUT2D eigenvalue weighted by Gasteiger charge is -2.39. The number of nitrogens with two attached hydrogens (primary N) is 1. The fraction of sp³-hybridized carbons (Fsp3) is 0.414. The lowest BCUT2D eigenvalue weighted by molar-refractivity contribution is 0.0412. The van der Waals surface area contributed by atoms with Crippen molar-refractivity contribution in [2.24, 2.45) is 5.73 Å². The standard InChI is InChI=1S/C29H35ClN4O3/c1-5-14-37-28(36)34-13-12-33(17-19(34)2)27(35)21-8-11-23-24(30)16-25(32-26(23)15-21)20-6-9-22(10-7-20)29(3,4)18-31/h6-11,15-16,19H,5,12-14,17-18,31H2,1-4H3/t19-/m1/s1. The number of aromatic nitrogens is 1. The van der Waals surface area contributed by atoms with E-state index < -0.39 is 0 Å². The highest BCUT2D eigenvalue weighted by atomic mass is 35.5. The Hall–Kier alpha value is -3.16. The van der Waals surface area contributed by atoms with Crippen LogP contribution in [0.2, 0.25) is 5.02 Å². The number of piperazine rings is 1. The Balaban J connectivity index is 1.55. The third-order valence-corrected chi connectivity index (χ3v) is 7.37. The number of carbonyl (C=O) groups excluding carboxylic acids is 2. The quantitative estimate of drug-likeness (QED) is 0.462. The van der Waals surface area contributed by atoms with Crippen LogP contribution in [0.3, 0.4) is 0 Å². The van der Waals surface area contributed by atoms with Gasteiger partial charge in [0, 0.05) is 54.1 Å². The van der Waals surface area contributed by atoms with Crippen molar-refractivity contribution < 1.29 is 14.3 Å². The number of pyridine rings is 1. The molecule has 1 atom stereocenters. The first-order valence-electron chi connectivity index (χ1n) is 12.8. The Morgan fingerprint density at radius 1 is 1.14 bits per heavy atom. The molecular weight excluding hydrogens is 488 g/mol. The van der Waals surface area contributed by atoms with Crippen LogP contribution in [0.25, 0.3) is 22.2 Å². The Bertz CT molecular complexity index is 1290. The fourth-order valence-corrected chi connectivity index (χ4v) is 4.81. The first-order chi connectivity index (χ1) is 17.6. The molecule has 0 bridgehead atoms. The van der Waals surface area contributed by atoms with Gasteiger partial charge in [-0.05, 0) is 37.1 Å². The third-order valence-electron chi connectivity index (χ3n) is 7.06. The molecular formula is C29H35ClN4O3. The molecule has 1 saturated heterocycles. The molecule has 2 heterocycles. The summed E-state index contributed by atoms with van der Waals surface area (Å²) >= 11 is 6.62. The van der Waals surface area contributed by atoms with Gasteiger partial charge in [0.25, 0.3) is 5.91 Å². The number of amides is 2.